The van der Waals surface area contributed by atoms with Gasteiger partial charge < -0.3 is 15.4 Å². The smallest absolute Gasteiger partial charge is 0.220 e. The van der Waals surface area contributed by atoms with Gasteiger partial charge >= 0.3 is 0 Å². The molecular formula is C21H25FN2O2. The van der Waals surface area contributed by atoms with E-state index in [2.05, 4.69) is 10.6 Å². The van der Waals surface area contributed by atoms with Crippen LogP contribution in [0.4, 0.5) is 4.39 Å². The molecule has 0 spiro atoms. The fourth-order valence-corrected chi connectivity index (χ4v) is 3.20. The Morgan fingerprint density at radius 3 is 2.69 bits per heavy atom. The van der Waals surface area contributed by atoms with E-state index in [9.17, 15) is 9.18 Å². The number of hydrogen-bond acceptors (Lipinski definition) is 3. The van der Waals surface area contributed by atoms with Crippen LogP contribution < -0.4 is 15.4 Å². The normalized spacial score (nSPS) is 17.7. The summed E-state index contributed by atoms with van der Waals surface area (Å²) in [6.07, 6.45) is 2.51. The average Bonchev–Trinajstić information content (AvgIpc) is 3.19. The van der Waals surface area contributed by atoms with Gasteiger partial charge in [-0.1, -0.05) is 42.5 Å². The molecule has 1 aliphatic rings. The zero-order valence-electron chi connectivity index (χ0n) is 14.8. The van der Waals surface area contributed by atoms with Crippen molar-refractivity contribution in [2.45, 2.75) is 25.3 Å². The number of ether oxygens (including phenoxy) is 1. The average molecular weight is 356 g/mol. The van der Waals surface area contributed by atoms with Crippen molar-refractivity contribution in [3.63, 3.8) is 0 Å². The molecule has 2 atom stereocenters. The summed E-state index contributed by atoms with van der Waals surface area (Å²) in [7, 11) is 0. The van der Waals surface area contributed by atoms with Gasteiger partial charge in [-0.15, -0.1) is 0 Å². The zero-order valence-corrected chi connectivity index (χ0v) is 14.8. The Balaban J connectivity index is 1.59. The molecule has 1 fully saturated rings. The van der Waals surface area contributed by atoms with Crippen LogP contribution in [0.3, 0.4) is 0 Å². The van der Waals surface area contributed by atoms with Gasteiger partial charge in [0.1, 0.15) is 6.61 Å². The Morgan fingerprint density at radius 2 is 1.96 bits per heavy atom. The number of halogens is 1. The van der Waals surface area contributed by atoms with Crippen LogP contribution in [0.2, 0.25) is 0 Å². The van der Waals surface area contributed by atoms with Gasteiger partial charge in [0.05, 0.1) is 6.04 Å². The molecule has 2 aromatic carbocycles. The summed E-state index contributed by atoms with van der Waals surface area (Å²) in [4.78, 5) is 12.4. The minimum atomic E-state index is -0.403. The number of rotatable bonds is 8. The molecule has 1 aliphatic heterocycles. The molecule has 3 rings (SSSR count). The van der Waals surface area contributed by atoms with Gasteiger partial charge in [-0.3, -0.25) is 4.79 Å². The summed E-state index contributed by atoms with van der Waals surface area (Å²) in [6, 6.07) is 15.6. The quantitative estimate of drug-likeness (QED) is 0.762. The van der Waals surface area contributed by atoms with E-state index in [0.29, 0.717) is 12.3 Å². The molecule has 138 valence electrons. The summed E-state index contributed by atoms with van der Waals surface area (Å²) in [6.45, 7) is 2.21. The molecule has 0 radical (unpaired) electrons. The topological polar surface area (TPSA) is 50.4 Å². The molecule has 26 heavy (non-hydrogen) atoms. The lowest BCUT2D eigenvalue weighted by molar-refractivity contribution is -0.122. The van der Waals surface area contributed by atoms with Crippen molar-refractivity contribution in [1.29, 1.82) is 0 Å². The number of benzene rings is 2. The molecule has 0 aromatic heterocycles. The highest BCUT2D eigenvalue weighted by atomic mass is 19.1. The van der Waals surface area contributed by atoms with E-state index in [1.165, 1.54) is 6.07 Å². The van der Waals surface area contributed by atoms with Crippen molar-refractivity contribution < 1.29 is 13.9 Å². The summed E-state index contributed by atoms with van der Waals surface area (Å²) in [5, 5.41) is 6.36. The van der Waals surface area contributed by atoms with Crippen molar-refractivity contribution >= 4 is 5.91 Å². The lowest BCUT2D eigenvalue weighted by Crippen LogP contribution is -2.32. The van der Waals surface area contributed by atoms with E-state index in [0.717, 1.165) is 31.5 Å². The van der Waals surface area contributed by atoms with Gasteiger partial charge in [0.15, 0.2) is 11.6 Å². The standard InChI is InChI=1S/C21H25FN2O2/c22-18-8-4-5-9-20(18)26-15-19(17-6-2-1-3-7-17)24-21(25)11-10-16-12-13-23-14-16/h1-9,16,19,23H,10-15H2,(H,24,25). The second-order valence-corrected chi connectivity index (χ2v) is 6.67. The van der Waals surface area contributed by atoms with Crippen LogP contribution >= 0.6 is 0 Å². The van der Waals surface area contributed by atoms with Crippen LogP contribution in [0.5, 0.6) is 5.75 Å². The molecule has 4 nitrogen and oxygen atoms in total. The molecule has 1 amide bonds. The summed E-state index contributed by atoms with van der Waals surface area (Å²) < 4.78 is 19.4. The zero-order chi connectivity index (χ0) is 18.2. The second-order valence-electron chi connectivity index (χ2n) is 6.67. The van der Waals surface area contributed by atoms with E-state index < -0.39 is 5.82 Å². The number of hydrogen-bond donors (Lipinski definition) is 2. The number of carbonyl (C=O) groups is 1. The molecule has 0 saturated carbocycles. The summed E-state index contributed by atoms with van der Waals surface area (Å²) in [5.74, 6) is 0.368. The number of amides is 1. The lowest BCUT2D eigenvalue weighted by Gasteiger charge is -2.20. The molecule has 5 heteroatoms. The third kappa shape index (κ3) is 5.30. The third-order valence-electron chi connectivity index (χ3n) is 4.72. The Bertz CT molecular complexity index is 702. The van der Waals surface area contributed by atoms with Crippen molar-refractivity contribution in [3.05, 3.63) is 66.0 Å². The van der Waals surface area contributed by atoms with Crippen molar-refractivity contribution in [2.24, 2.45) is 5.92 Å². The van der Waals surface area contributed by atoms with Crippen molar-refractivity contribution in [1.82, 2.24) is 10.6 Å². The number of nitrogens with one attached hydrogen (secondary N) is 2. The molecule has 2 aromatic rings. The maximum absolute atomic E-state index is 13.8. The van der Waals surface area contributed by atoms with E-state index in [1.54, 1.807) is 18.2 Å². The van der Waals surface area contributed by atoms with Gasteiger partial charge in [0, 0.05) is 6.42 Å². The van der Waals surface area contributed by atoms with Gasteiger partial charge in [-0.05, 0) is 49.5 Å². The first-order chi connectivity index (χ1) is 12.7. The maximum atomic E-state index is 13.8. The first kappa shape index (κ1) is 18.4. The monoisotopic (exact) mass is 356 g/mol. The first-order valence-electron chi connectivity index (χ1n) is 9.14. The molecule has 2 unspecified atom stereocenters. The van der Waals surface area contributed by atoms with Gasteiger partial charge in [0.25, 0.3) is 0 Å². The molecule has 1 heterocycles. The molecule has 0 aliphatic carbocycles. The Hall–Kier alpha value is -2.40. The van der Waals surface area contributed by atoms with Crippen molar-refractivity contribution in [3.8, 4) is 5.75 Å². The largest absolute Gasteiger partial charge is 0.488 e. The highest BCUT2D eigenvalue weighted by Gasteiger charge is 2.19. The molecule has 1 saturated heterocycles. The van der Waals surface area contributed by atoms with Crippen LogP contribution in [0, 0.1) is 11.7 Å². The number of carbonyl (C=O) groups excluding carboxylic acids is 1. The molecule has 2 N–H and O–H groups in total. The van der Waals surface area contributed by atoms with E-state index in [4.69, 9.17) is 4.74 Å². The third-order valence-corrected chi connectivity index (χ3v) is 4.72. The van der Waals surface area contributed by atoms with E-state index in [-0.39, 0.29) is 24.3 Å². The van der Waals surface area contributed by atoms with Crippen LogP contribution in [0.1, 0.15) is 30.9 Å². The lowest BCUT2D eigenvalue weighted by atomic mass is 10.0. The highest BCUT2D eigenvalue weighted by Crippen LogP contribution is 2.20. The van der Waals surface area contributed by atoms with Crippen LogP contribution in [-0.2, 0) is 4.79 Å². The maximum Gasteiger partial charge on any atom is 0.220 e. The minimum absolute atomic E-state index is 0.00267. The van der Waals surface area contributed by atoms with Gasteiger partial charge in [-0.2, -0.15) is 0 Å². The second kappa shape index (κ2) is 9.34. The Labute approximate surface area is 153 Å². The predicted octanol–water partition coefficient (Wildman–Crippen LogP) is 3.45. The highest BCUT2D eigenvalue weighted by molar-refractivity contribution is 5.76. The van der Waals surface area contributed by atoms with Crippen molar-refractivity contribution in [2.75, 3.05) is 19.7 Å². The summed E-state index contributed by atoms with van der Waals surface area (Å²) in [5.41, 5.74) is 0.944. The predicted molar refractivity (Wildman–Crippen MR) is 99.4 cm³/mol. The van der Waals surface area contributed by atoms with Crippen LogP contribution in [-0.4, -0.2) is 25.6 Å². The van der Waals surface area contributed by atoms with E-state index >= 15 is 0 Å². The first-order valence-corrected chi connectivity index (χ1v) is 9.14. The number of para-hydroxylation sites is 1. The fraction of sp³-hybridized carbons (Fsp3) is 0.381. The fourth-order valence-electron chi connectivity index (χ4n) is 3.20. The SMILES string of the molecule is O=C(CCC1CCNC1)NC(COc1ccccc1F)c1ccccc1. The van der Waals surface area contributed by atoms with Gasteiger partial charge in [-0.25, -0.2) is 4.39 Å². The van der Waals surface area contributed by atoms with E-state index in [1.807, 2.05) is 30.3 Å². The van der Waals surface area contributed by atoms with Crippen LogP contribution in [0.15, 0.2) is 54.6 Å². The summed E-state index contributed by atoms with van der Waals surface area (Å²) >= 11 is 0. The Morgan fingerprint density at radius 1 is 1.19 bits per heavy atom. The molecule has 0 bridgehead atoms. The molecular weight excluding hydrogens is 331 g/mol. The Kier molecular flexibility index (Phi) is 6.61. The van der Waals surface area contributed by atoms with Crippen LogP contribution in [0.25, 0.3) is 0 Å². The minimum Gasteiger partial charge on any atom is -0.488 e. The van der Waals surface area contributed by atoms with Gasteiger partial charge in [0.2, 0.25) is 5.91 Å².